The number of halogens is 3. The summed E-state index contributed by atoms with van der Waals surface area (Å²) in [5, 5.41) is 9.07. The Hall–Kier alpha value is -2.98. The van der Waals surface area contributed by atoms with Crippen LogP contribution in [0.4, 0.5) is 23.7 Å². The van der Waals surface area contributed by atoms with Crippen LogP contribution in [0.2, 0.25) is 0 Å². The van der Waals surface area contributed by atoms with Crippen molar-refractivity contribution in [2.75, 3.05) is 24.5 Å². The molecule has 3 rings (SSSR count). The molecular weight excluding hydrogens is 379 g/mol. The van der Waals surface area contributed by atoms with Gasteiger partial charge >= 0.3 is 12.4 Å². The molecule has 0 bridgehead atoms. The first-order valence-electron chi connectivity index (χ1n) is 8.70. The summed E-state index contributed by atoms with van der Waals surface area (Å²) in [5.41, 5.74) is 0.813. The summed E-state index contributed by atoms with van der Waals surface area (Å²) >= 11 is 0. The maximum atomic E-state index is 12.2. The van der Waals surface area contributed by atoms with Crippen LogP contribution in [-0.4, -0.2) is 42.2 Å². The molecule has 1 aliphatic rings. The lowest BCUT2D eigenvalue weighted by Crippen LogP contribution is -2.38. The Labute approximate surface area is 159 Å². The number of nitrogens with one attached hydrogen (secondary N) is 2. The van der Waals surface area contributed by atoms with Crippen molar-refractivity contribution in [1.29, 1.82) is 0 Å². The number of hydrogen-bond acceptors (Lipinski definition) is 6. The van der Waals surface area contributed by atoms with E-state index in [1.165, 1.54) is 12.1 Å². The largest absolute Gasteiger partial charge is 0.573 e. The molecule has 2 heterocycles. The number of aryl methyl sites for hydroxylation is 1. The number of aromatic nitrogens is 2. The first kappa shape index (κ1) is 19.8. The highest BCUT2D eigenvalue weighted by atomic mass is 19.4. The van der Waals surface area contributed by atoms with Gasteiger partial charge in [-0.2, -0.15) is 4.98 Å². The molecule has 1 fully saturated rings. The minimum absolute atomic E-state index is 0.149. The van der Waals surface area contributed by atoms with Gasteiger partial charge in [-0.15, -0.1) is 13.2 Å². The third-order valence-corrected chi connectivity index (χ3v) is 4.24. The van der Waals surface area contributed by atoms with E-state index < -0.39 is 6.36 Å². The lowest BCUT2D eigenvalue weighted by molar-refractivity contribution is -0.274. The third kappa shape index (κ3) is 5.76. The molecule has 1 aromatic heterocycles. The van der Waals surface area contributed by atoms with E-state index in [-0.39, 0.29) is 24.2 Å². The molecule has 0 saturated carbocycles. The minimum Gasteiger partial charge on any atom is -0.406 e. The normalized spacial score (nSPS) is 16.9. The zero-order chi connectivity index (χ0) is 20.1. The van der Waals surface area contributed by atoms with Crippen molar-refractivity contribution in [3.05, 3.63) is 36.0 Å². The minimum atomic E-state index is -4.70. The topological polar surface area (TPSA) is 92.5 Å². The first-order chi connectivity index (χ1) is 13.3. The van der Waals surface area contributed by atoms with Crippen molar-refractivity contribution in [2.45, 2.75) is 26.3 Å². The Morgan fingerprint density at radius 1 is 1.32 bits per heavy atom. The van der Waals surface area contributed by atoms with Gasteiger partial charge in [0, 0.05) is 25.3 Å². The monoisotopic (exact) mass is 399 g/mol. The molecule has 28 heavy (non-hydrogen) atoms. The molecule has 11 heteroatoms. The number of nitrogens with zero attached hydrogens (tertiary/aromatic N) is 3. The molecular formula is C17H20F3N5O3. The Balaban J connectivity index is 1.40. The van der Waals surface area contributed by atoms with Gasteiger partial charge in [-0.3, -0.25) is 0 Å². The molecule has 2 aromatic rings. The van der Waals surface area contributed by atoms with Crippen LogP contribution in [0.25, 0.3) is 0 Å². The smallest absolute Gasteiger partial charge is 0.406 e. The summed E-state index contributed by atoms with van der Waals surface area (Å²) in [4.78, 5) is 17.9. The zero-order valence-electron chi connectivity index (χ0n) is 15.1. The Kier molecular flexibility index (Phi) is 5.90. The van der Waals surface area contributed by atoms with E-state index in [4.69, 9.17) is 4.52 Å². The number of carbonyl (C=O) groups excluding carboxylic acids is 1. The Bertz CT molecular complexity index is 794. The van der Waals surface area contributed by atoms with E-state index in [9.17, 15) is 18.0 Å². The Morgan fingerprint density at radius 2 is 2.07 bits per heavy atom. The van der Waals surface area contributed by atoms with E-state index in [1.54, 1.807) is 19.1 Å². The van der Waals surface area contributed by atoms with Crippen LogP contribution in [0.3, 0.4) is 0 Å². The first-order valence-corrected chi connectivity index (χ1v) is 8.70. The van der Waals surface area contributed by atoms with Crippen LogP contribution in [0.5, 0.6) is 5.75 Å². The van der Waals surface area contributed by atoms with Crippen LogP contribution in [0, 0.1) is 12.8 Å². The summed E-state index contributed by atoms with van der Waals surface area (Å²) in [6.45, 7) is 3.78. The lowest BCUT2D eigenvalue weighted by atomic mass is 10.1. The van der Waals surface area contributed by atoms with Crippen molar-refractivity contribution in [1.82, 2.24) is 20.8 Å². The van der Waals surface area contributed by atoms with Gasteiger partial charge < -0.3 is 24.8 Å². The van der Waals surface area contributed by atoms with Gasteiger partial charge in [0.25, 0.3) is 0 Å². The number of hydrogen-bond donors (Lipinski definition) is 2. The van der Waals surface area contributed by atoms with Crippen LogP contribution in [0.1, 0.15) is 18.1 Å². The van der Waals surface area contributed by atoms with Gasteiger partial charge in [-0.1, -0.05) is 5.16 Å². The van der Waals surface area contributed by atoms with E-state index in [2.05, 4.69) is 30.4 Å². The van der Waals surface area contributed by atoms with Crippen LogP contribution in [-0.2, 0) is 6.54 Å². The van der Waals surface area contributed by atoms with E-state index in [1.807, 2.05) is 0 Å². The molecule has 8 nitrogen and oxygen atoms in total. The van der Waals surface area contributed by atoms with E-state index >= 15 is 0 Å². The van der Waals surface area contributed by atoms with Gasteiger partial charge in [-0.05, 0) is 43.5 Å². The predicted molar refractivity (Wildman–Crippen MR) is 92.7 cm³/mol. The van der Waals surface area contributed by atoms with Crippen LogP contribution >= 0.6 is 0 Å². The van der Waals surface area contributed by atoms with Crippen molar-refractivity contribution in [2.24, 2.45) is 5.92 Å². The number of rotatable bonds is 6. The summed E-state index contributed by atoms with van der Waals surface area (Å²) in [7, 11) is 0. The molecule has 2 N–H and O–H groups in total. The number of urea groups is 1. The number of carbonyl (C=O) groups is 1. The number of amides is 2. The number of benzene rings is 1. The van der Waals surface area contributed by atoms with Crippen molar-refractivity contribution in [3.63, 3.8) is 0 Å². The van der Waals surface area contributed by atoms with Gasteiger partial charge in [-0.25, -0.2) is 4.79 Å². The van der Waals surface area contributed by atoms with Gasteiger partial charge in [0.15, 0.2) is 5.82 Å². The fourth-order valence-electron chi connectivity index (χ4n) is 2.96. The Morgan fingerprint density at radius 3 is 2.71 bits per heavy atom. The summed E-state index contributed by atoms with van der Waals surface area (Å²) in [5.74, 6) is 0.822. The van der Waals surface area contributed by atoms with Crippen molar-refractivity contribution < 1.29 is 27.2 Å². The van der Waals surface area contributed by atoms with Crippen molar-refractivity contribution in [3.8, 4) is 5.75 Å². The van der Waals surface area contributed by atoms with Crippen LogP contribution < -0.4 is 20.3 Å². The molecule has 0 spiro atoms. The average molecular weight is 399 g/mol. The second-order valence-corrected chi connectivity index (χ2v) is 6.44. The third-order valence-electron chi connectivity index (χ3n) is 4.24. The van der Waals surface area contributed by atoms with Gasteiger partial charge in [0.1, 0.15) is 5.75 Å². The quantitative estimate of drug-likeness (QED) is 0.776. The highest BCUT2D eigenvalue weighted by Crippen LogP contribution is 2.28. The molecule has 152 valence electrons. The van der Waals surface area contributed by atoms with Gasteiger partial charge in [0.2, 0.25) is 5.89 Å². The van der Waals surface area contributed by atoms with Crippen molar-refractivity contribution >= 4 is 11.7 Å². The van der Waals surface area contributed by atoms with Gasteiger partial charge in [0.05, 0.1) is 6.54 Å². The summed E-state index contributed by atoms with van der Waals surface area (Å²) in [6.07, 6.45) is -3.83. The molecule has 0 aliphatic carbocycles. The SMILES string of the molecule is Cc1noc(CNC(=O)NCC2CCN(c3ccc(OC(F)(F)F)cc3)C2)n1. The fraction of sp³-hybridized carbons (Fsp3) is 0.471. The molecule has 2 amide bonds. The highest BCUT2D eigenvalue weighted by molar-refractivity contribution is 5.73. The molecule has 0 radical (unpaired) electrons. The fourth-order valence-corrected chi connectivity index (χ4v) is 2.96. The molecule has 1 atom stereocenters. The average Bonchev–Trinajstić information content (AvgIpc) is 3.26. The second-order valence-electron chi connectivity index (χ2n) is 6.44. The maximum absolute atomic E-state index is 12.2. The second kappa shape index (κ2) is 8.36. The summed E-state index contributed by atoms with van der Waals surface area (Å²) < 4.78 is 45.4. The molecule has 1 aliphatic heterocycles. The number of ether oxygens (including phenoxy) is 1. The zero-order valence-corrected chi connectivity index (χ0v) is 15.1. The van der Waals surface area contributed by atoms with Crippen LogP contribution in [0.15, 0.2) is 28.8 Å². The standard InChI is InChI=1S/C17H20F3N5O3/c1-11-23-15(28-24-11)9-22-16(26)21-8-12-6-7-25(10-12)13-2-4-14(5-3-13)27-17(18,19)20/h2-5,12H,6-10H2,1H3,(H2,21,22,26). The summed E-state index contributed by atoms with van der Waals surface area (Å²) in [6, 6.07) is 5.44. The van der Waals surface area contributed by atoms with E-state index in [0.717, 1.165) is 18.7 Å². The van der Waals surface area contributed by atoms with E-state index in [0.29, 0.717) is 24.8 Å². The molecule has 1 unspecified atom stereocenters. The number of anilines is 1. The lowest BCUT2D eigenvalue weighted by Gasteiger charge is -2.19. The highest BCUT2D eigenvalue weighted by Gasteiger charge is 2.31. The molecule has 1 aromatic carbocycles. The molecule has 1 saturated heterocycles. The number of alkyl halides is 3. The maximum Gasteiger partial charge on any atom is 0.573 e. The predicted octanol–water partition coefficient (Wildman–Crippen LogP) is 2.60.